The lowest BCUT2D eigenvalue weighted by Gasteiger charge is -2.06. The van der Waals surface area contributed by atoms with Gasteiger partial charge in [0.2, 0.25) is 0 Å². The molecule has 0 saturated carbocycles. The number of aliphatic hydroxyl groups excluding tert-OH is 1. The molecule has 7 heteroatoms. The van der Waals surface area contributed by atoms with E-state index in [0.717, 1.165) is 0 Å². The molecule has 0 amide bonds. The van der Waals surface area contributed by atoms with E-state index in [1.165, 1.54) is 10.9 Å². The highest BCUT2D eigenvalue weighted by Gasteiger charge is 2.36. The van der Waals surface area contributed by atoms with Crippen LogP contribution in [0.5, 0.6) is 5.75 Å². The Kier molecular flexibility index (Phi) is 4.85. The first-order valence-electron chi connectivity index (χ1n) is 6.43. The Bertz CT molecular complexity index is 567. The second kappa shape index (κ2) is 6.62. The van der Waals surface area contributed by atoms with Gasteiger partial charge in [-0.05, 0) is 18.6 Å². The van der Waals surface area contributed by atoms with Crippen molar-refractivity contribution in [3.63, 3.8) is 0 Å². The summed E-state index contributed by atoms with van der Waals surface area (Å²) < 4.78 is 45.0. The fourth-order valence-corrected chi connectivity index (χ4v) is 1.89. The van der Waals surface area contributed by atoms with Crippen LogP contribution in [0, 0.1) is 0 Å². The van der Waals surface area contributed by atoms with E-state index < -0.39 is 11.9 Å². The SMILES string of the molecule is OCCc1cn(CCOc2ccccc2)nc1C(F)(F)F. The van der Waals surface area contributed by atoms with Gasteiger partial charge < -0.3 is 9.84 Å². The van der Waals surface area contributed by atoms with Crippen molar-refractivity contribution >= 4 is 0 Å². The van der Waals surface area contributed by atoms with Gasteiger partial charge in [0.05, 0.1) is 6.54 Å². The number of aliphatic hydroxyl groups is 1. The lowest BCUT2D eigenvalue weighted by atomic mass is 10.2. The molecule has 0 aliphatic heterocycles. The van der Waals surface area contributed by atoms with Crippen LogP contribution in [0.1, 0.15) is 11.3 Å². The lowest BCUT2D eigenvalue weighted by Crippen LogP contribution is -2.12. The van der Waals surface area contributed by atoms with Crippen LogP contribution in [-0.4, -0.2) is 28.1 Å². The largest absolute Gasteiger partial charge is 0.492 e. The van der Waals surface area contributed by atoms with E-state index in [1.807, 2.05) is 18.2 Å². The Morgan fingerprint density at radius 2 is 1.90 bits per heavy atom. The van der Waals surface area contributed by atoms with Gasteiger partial charge in [-0.25, -0.2) is 0 Å². The van der Waals surface area contributed by atoms with E-state index in [0.29, 0.717) is 5.75 Å². The van der Waals surface area contributed by atoms with Gasteiger partial charge in [0, 0.05) is 18.4 Å². The number of halogens is 3. The monoisotopic (exact) mass is 300 g/mol. The Morgan fingerprint density at radius 3 is 2.52 bits per heavy atom. The highest BCUT2D eigenvalue weighted by atomic mass is 19.4. The second-order valence-corrected chi connectivity index (χ2v) is 4.40. The fraction of sp³-hybridized carbons (Fsp3) is 0.357. The van der Waals surface area contributed by atoms with Crippen LogP contribution in [0.3, 0.4) is 0 Å². The lowest BCUT2D eigenvalue weighted by molar-refractivity contribution is -0.142. The molecule has 0 bridgehead atoms. The molecule has 0 radical (unpaired) electrons. The summed E-state index contributed by atoms with van der Waals surface area (Å²) in [5.41, 5.74) is -0.957. The summed E-state index contributed by atoms with van der Waals surface area (Å²) in [6.45, 7) is 0.0558. The van der Waals surface area contributed by atoms with Crippen LogP contribution in [0.25, 0.3) is 0 Å². The normalized spacial score (nSPS) is 11.6. The molecule has 1 aromatic carbocycles. The van der Waals surface area contributed by atoms with Crippen molar-refractivity contribution in [1.29, 1.82) is 0 Å². The average molecular weight is 300 g/mol. The number of hydrogen-bond donors (Lipinski definition) is 1. The second-order valence-electron chi connectivity index (χ2n) is 4.40. The summed E-state index contributed by atoms with van der Waals surface area (Å²) in [4.78, 5) is 0. The summed E-state index contributed by atoms with van der Waals surface area (Å²) >= 11 is 0. The number of benzene rings is 1. The molecule has 21 heavy (non-hydrogen) atoms. The Labute approximate surface area is 119 Å². The molecule has 1 aromatic heterocycles. The van der Waals surface area contributed by atoms with Gasteiger partial charge in [-0.1, -0.05) is 18.2 Å². The van der Waals surface area contributed by atoms with Crippen LogP contribution in [-0.2, 0) is 19.1 Å². The molecule has 2 aromatic rings. The third kappa shape index (κ3) is 4.22. The Hall–Kier alpha value is -2.02. The van der Waals surface area contributed by atoms with Crippen LogP contribution < -0.4 is 4.74 Å². The molecule has 0 aliphatic rings. The third-order valence-corrected chi connectivity index (χ3v) is 2.82. The van der Waals surface area contributed by atoms with E-state index in [2.05, 4.69) is 5.10 Å². The van der Waals surface area contributed by atoms with Gasteiger partial charge in [-0.15, -0.1) is 0 Å². The van der Waals surface area contributed by atoms with Crippen molar-refractivity contribution in [3.05, 3.63) is 47.8 Å². The minimum absolute atomic E-state index is 0.00953. The zero-order valence-electron chi connectivity index (χ0n) is 11.2. The first-order chi connectivity index (χ1) is 10.0. The van der Waals surface area contributed by atoms with Crippen molar-refractivity contribution < 1.29 is 23.0 Å². The molecule has 2 rings (SSSR count). The molecule has 0 saturated heterocycles. The molecule has 0 aliphatic carbocycles. The van der Waals surface area contributed by atoms with Gasteiger partial charge in [-0.3, -0.25) is 4.68 Å². The standard InChI is InChI=1S/C14H15F3N2O2/c15-14(16,17)13-11(6-8-20)10-19(18-13)7-9-21-12-4-2-1-3-5-12/h1-5,10,20H,6-9H2. The summed E-state index contributed by atoms with van der Waals surface area (Å²) in [7, 11) is 0. The van der Waals surface area contributed by atoms with Crippen molar-refractivity contribution in [2.24, 2.45) is 0 Å². The number of ether oxygens (including phenoxy) is 1. The van der Waals surface area contributed by atoms with Crippen molar-refractivity contribution in [3.8, 4) is 5.75 Å². The number of aromatic nitrogens is 2. The number of hydrogen-bond acceptors (Lipinski definition) is 3. The molecule has 1 N–H and O–H groups in total. The zero-order valence-corrected chi connectivity index (χ0v) is 11.2. The molecular formula is C14H15F3N2O2. The molecule has 0 fully saturated rings. The fourth-order valence-electron chi connectivity index (χ4n) is 1.89. The van der Waals surface area contributed by atoms with Crippen LogP contribution >= 0.6 is 0 Å². The molecule has 114 valence electrons. The predicted octanol–water partition coefficient (Wildman–Crippen LogP) is 2.52. The number of nitrogens with zero attached hydrogens (tertiary/aromatic N) is 2. The smallest absolute Gasteiger partial charge is 0.435 e. The molecule has 0 spiro atoms. The highest BCUT2D eigenvalue weighted by molar-refractivity contribution is 5.21. The van der Waals surface area contributed by atoms with E-state index in [4.69, 9.17) is 9.84 Å². The number of alkyl halides is 3. The number of para-hydroxylation sites is 1. The van der Waals surface area contributed by atoms with E-state index in [1.54, 1.807) is 12.1 Å². The Morgan fingerprint density at radius 1 is 1.19 bits per heavy atom. The van der Waals surface area contributed by atoms with E-state index in [9.17, 15) is 13.2 Å². The maximum atomic E-state index is 12.8. The van der Waals surface area contributed by atoms with Gasteiger partial charge >= 0.3 is 6.18 Å². The summed E-state index contributed by atoms with van der Waals surface area (Å²) in [5, 5.41) is 12.3. The summed E-state index contributed by atoms with van der Waals surface area (Å²) in [5.74, 6) is 0.649. The molecule has 0 atom stereocenters. The zero-order chi connectivity index (χ0) is 15.3. The van der Waals surface area contributed by atoms with Gasteiger partial charge in [0.1, 0.15) is 12.4 Å². The van der Waals surface area contributed by atoms with Gasteiger partial charge in [-0.2, -0.15) is 18.3 Å². The van der Waals surface area contributed by atoms with Crippen LogP contribution in [0.4, 0.5) is 13.2 Å². The van der Waals surface area contributed by atoms with Gasteiger partial charge in [0.25, 0.3) is 0 Å². The molecule has 0 unspecified atom stereocenters. The topological polar surface area (TPSA) is 47.3 Å². The quantitative estimate of drug-likeness (QED) is 0.891. The molecular weight excluding hydrogens is 285 g/mol. The van der Waals surface area contributed by atoms with Gasteiger partial charge in [0.15, 0.2) is 5.69 Å². The first-order valence-corrected chi connectivity index (χ1v) is 6.43. The van der Waals surface area contributed by atoms with Crippen molar-refractivity contribution in [2.75, 3.05) is 13.2 Å². The molecule has 4 nitrogen and oxygen atoms in total. The minimum atomic E-state index is -4.52. The van der Waals surface area contributed by atoms with E-state index in [-0.39, 0.29) is 31.7 Å². The van der Waals surface area contributed by atoms with Crippen molar-refractivity contribution in [1.82, 2.24) is 9.78 Å². The van der Waals surface area contributed by atoms with Crippen molar-refractivity contribution in [2.45, 2.75) is 19.1 Å². The van der Waals surface area contributed by atoms with Crippen LogP contribution in [0.2, 0.25) is 0 Å². The third-order valence-electron chi connectivity index (χ3n) is 2.82. The number of rotatable bonds is 6. The van der Waals surface area contributed by atoms with Crippen LogP contribution in [0.15, 0.2) is 36.5 Å². The average Bonchev–Trinajstić information content (AvgIpc) is 2.84. The highest BCUT2D eigenvalue weighted by Crippen LogP contribution is 2.30. The Balaban J connectivity index is 2.00. The first kappa shape index (κ1) is 15.4. The summed E-state index contributed by atoms with van der Waals surface area (Å²) in [6.07, 6.45) is -3.29. The summed E-state index contributed by atoms with van der Waals surface area (Å²) in [6, 6.07) is 8.99. The maximum absolute atomic E-state index is 12.8. The van der Waals surface area contributed by atoms with E-state index >= 15 is 0 Å². The predicted molar refractivity (Wildman–Crippen MR) is 70.0 cm³/mol. The maximum Gasteiger partial charge on any atom is 0.435 e. The minimum Gasteiger partial charge on any atom is -0.492 e. The molecule has 1 heterocycles.